The summed E-state index contributed by atoms with van der Waals surface area (Å²) in [6.07, 6.45) is -4.30. The van der Waals surface area contributed by atoms with E-state index in [0.717, 1.165) is 0 Å². The Morgan fingerprint density at radius 2 is 1.66 bits per heavy atom. The van der Waals surface area contributed by atoms with E-state index in [2.05, 4.69) is 20.9 Å². The van der Waals surface area contributed by atoms with Gasteiger partial charge in [0.05, 0.1) is 27.2 Å². The fraction of sp³-hybridized carbons (Fsp3) is 0.562. The maximum absolute atomic E-state index is 14.0. The number of aryl methyl sites for hydroxylation is 1. The van der Waals surface area contributed by atoms with Gasteiger partial charge in [0.25, 0.3) is 5.91 Å². The smallest absolute Gasteiger partial charge is 0.356 e. The van der Waals surface area contributed by atoms with E-state index in [0.29, 0.717) is 57.3 Å². The molecule has 2 aromatic heterocycles. The fourth-order valence-electron chi connectivity index (χ4n) is 5.91. The van der Waals surface area contributed by atoms with Crippen LogP contribution < -0.4 is 20.9 Å². The monoisotopic (exact) mass is 699 g/mol. The highest BCUT2D eigenvalue weighted by molar-refractivity contribution is 6.39. The number of carbonyl (C=O) groups is 2. The van der Waals surface area contributed by atoms with Crippen LogP contribution in [0.4, 0.5) is 35.0 Å². The predicted octanol–water partition coefficient (Wildman–Crippen LogP) is 7.47. The highest BCUT2D eigenvalue weighted by Gasteiger charge is 2.41. The first-order valence-electron chi connectivity index (χ1n) is 15.7. The lowest BCUT2D eigenvalue weighted by atomic mass is 9.85. The first-order valence-corrected chi connectivity index (χ1v) is 16.4. The van der Waals surface area contributed by atoms with Crippen LogP contribution in [0.15, 0.2) is 18.2 Å². The highest BCUT2D eigenvalue weighted by atomic mass is 35.5. The molecule has 2 fully saturated rings. The van der Waals surface area contributed by atoms with Crippen molar-refractivity contribution in [2.45, 2.75) is 84.2 Å². The predicted molar refractivity (Wildman–Crippen MR) is 175 cm³/mol. The van der Waals surface area contributed by atoms with Crippen LogP contribution in [-0.2, 0) is 18.4 Å². The van der Waals surface area contributed by atoms with E-state index in [-0.39, 0.29) is 56.5 Å². The average Bonchev–Trinajstić information content (AvgIpc) is 3.31. The second-order valence-corrected chi connectivity index (χ2v) is 14.2. The third-order valence-electron chi connectivity index (χ3n) is 8.85. The number of imidazole rings is 1. The van der Waals surface area contributed by atoms with Crippen LogP contribution >= 0.6 is 23.2 Å². The molecule has 1 saturated heterocycles. The topological polar surface area (TPSA) is 104 Å². The summed E-state index contributed by atoms with van der Waals surface area (Å²) in [4.78, 5) is 37.4. The number of rotatable bonds is 7. The minimum absolute atomic E-state index is 0.0485. The normalized spacial score (nSPS) is 19.6. The minimum Gasteiger partial charge on any atom is -0.356 e. The summed E-state index contributed by atoms with van der Waals surface area (Å²) in [6, 6.07) is 4.57. The molecule has 5 rings (SSSR count). The molecule has 3 heterocycles. The Balaban J connectivity index is 1.44. The molecule has 2 aliphatic rings. The summed E-state index contributed by atoms with van der Waals surface area (Å²) in [5.41, 5.74) is 1.45. The Kier molecular flexibility index (Phi) is 10.2. The Bertz CT molecular complexity index is 1640. The van der Waals surface area contributed by atoms with E-state index in [9.17, 15) is 27.2 Å². The van der Waals surface area contributed by atoms with Gasteiger partial charge in [-0.15, -0.1) is 0 Å². The van der Waals surface area contributed by atoms with E-state index in [1.807, 2.05) is 25.7 Å². The zero-order valence-electron chi connectivity index (χ0n) is 26.7. The third kappa shape index (κ3) is 7.88. The molecule has 3 aromatic rings. The maximum atomic E-state index is 14.0. The van der Waals surface area contributed by atoms with E-state index in [4.69, 9.17) is 28.2 Å². The standard InChI is InChI=1S/C32H39Cl2F4N7O2/c1-31(2,3)29(47)39-16-17-5-10-22(33)25(24(17)34)42-30-41-23-15-21(28(46)40-20-8-6-18(7-9-20)32(36,37)38)26(43-27(23)44(30)4)45-13-11-19(35)12-14-45/h5,10,15,18-20H,6-9,11-14,16H2,1-4H3,(H,39,47)(H,40,46)(H,41,42). The number of fused-ring (bicyclic) bond motifs is 1. The summed E-state index contributed by atoms with van der Waals surface area (Å²) in [7, 11) is 1.73. The largest absolute Gasteiger partial charge is 0.391 e. The van der Waals surface area contributed by atoms with Gasteiger partial charge in [-0.1, -0.05) is 50.0 Å². The number of nitrogens with zero attached hydrogens (tertiary/aromatic N) is 4. The zero-order valence-corrected chi connectivity index (χ0v) is 28.2. The van der Waals surface area contributed by atoms with E-state index < -0.39 is 35.6 Å². The number of nitrogens with one attached hydrogen (secondary N) is 3. The Labute approximate surface area is 280 Å². The van der Waals surface area contributed by atoms with Crippen molar-refractivity contribution in [3.05, 3.63) is 39.4 Å². The zero-order chi connectivity index (χ0) is 34.3. The second kappa shape index (κ2) is 13.7. The molecule has 1 aliphatic carbocycles. The van der Waals surface area contributed by atoms with Crippen LogP contribution in [0, 0.1) is 11.3 Å². The van der Waals surface area contributed by atoms with Gasteiger partial charge in [-0.25, -0.2) is 14.4 Å². The van der Waals surface area contributed by atoms with Gasteiger partial charge < -0.3 is 20.9 Å². The van der Waals surface area contributed by atoms with Gasteiger partial charge in [-0.05, 0) is 56.2 Å². The number of pyridine rings is 1. The Morgan fingerprint density at radius 1 is 1.00 bits per heavy atom. The van der Waals surface area contributed by atoms with E-state index >= 15 is 0 Å². The second-order valence-electron chi connectivity index (χ2n) is 13.4. The number of anilines is 3. The van der Waals surface area contributed by atoms with Crippen molar-refractivity contribution in [1.29, 1.82) is 0 Å². The number of alkyl halides is 4. The molecule has 0 unspecified atom stereocenters. The molecular weight excluding hydrogens is 661 g/mol. The Hall–Kier alpha value is -3.32. The lowest BCUT2D eigenvalue weighted by Crippen LogP contribution is -2.41. The number of amides is 2. The summed E-state index contributed by atoms with van der Waals surface area (Å²) in [5, 5.41) is 9.57. The van der Waals surface area contributed by atoms with E-state index in [1.54, 1.807) is 29.8 Å². The quantitative estimate of drug-likeness (QED) is 0.221. The molecule has 15 heteroatoms. The number of halogens is 6. The van der Waals surface area contributed by atoms with Crippen molar-refractivity contribution in [3.63, 3.8) is 0 Å². The summed E-state index contributed by atoms with van der Waals surface area (Å²) in [6.45, 7) is 6.31. The lowest BCUT2D eigenvalue weighted by molar-refractivity contribution is -0.182. The van der Waals surface area contributed by atoms with Gasteiger partial charge in [0, 0.05) is 38.1 Å². The molecule has 256 valence electrons. The molecule has 3 N–H and O–H groups in total. The van der Waals surface area contributed by atoms with Gasteiger partial charge >= 0.3 is 6.18 Å². The summed E-state index contributed by atoms with van der Waals surface area (Å²) in [5.74, 6) is -1.30. The molecule has 9 nitrogen and oxygen atoms in total. The van der Waals surface area contributed by atoms with Crippen LogP contribution in [-0.4, -0.2) is 57.8 Å². The van der Waals surface area contributed by atoms with Gasteiger partial charge in [0.15, 0.2) is 5.65 Å². The van der Waals surface area contributed by atoms with Gasteiger partial charge in [0.2, 0.25) is 11.9 Å². The molecule has 2 amide bonds. The van der Waals surface area contributed by atoms with Crippen LogP contribution in [0.1, 0.15) is 75.2 Å². The van der Waals surface area contributed by atoms with Crippen molar-refractivity contribution in [3.8, 4) is 0 Å². The van der Waals surface area contributed by atoms with Crippen molar-refractivity contribution in [2.24, 2.45) is 18.4 Å². The third-order valence-corrected chi connectivity index (χ3v) is 9.59. The molecule has 0 spiro atoms. The van der Waals surface area contributed by atoms with Gasteiger partial charge in [-0.3, -0.25) is 14.2 Å². The van der Waals surface area contributed by atoms with Crippen molar-refractivity contribution in [1.82, 2.24) is 25.2 Å². The number of hydrogen-bond donors (Lipinski definition) is 3. The van der Waals surface area contributed by atoms with Crippen LogP contribution in [0.2, 0.25) is 10.0 Å². The van der Waals surface area contributed by atoms with Crippen LogP contribution in [0.25, 0.3) is 11.2 Å². The van der Waals surface area contributed by atoms with Crippen molar-refractivity contribution in [2.75, 3.05) is 23.3 Å². The molecule has 47 heavy (non-hydrogen) atoms. The average molecular weight is 701 g/mol. The molecular formula is C32H39Cl2F4N7O2. The van der Waals surface area contributed by atoms with Crippen molar-refractivity contribution < 1.29 is 27.2 Å². The fourth-order valence-corrected chi connectivity index (χ4v) is 6.44. The number of aromatic nitrogens is 3. The number of benzene rings is 1. The highest BCUT2D eigenvalue weighted by Crippen LogP contribution is 2.39. The van der Waals surface area contributed by atoms with Crippen LogP contribution in [0.5, 0.6) is 0 Å². The van der Waals surface area contributed by atoms with Gasteiger partial charge in [0.1, 0.15) is 17.5 Å². The summed E-state index contributed by atoms with van der Waals surface area (Å²) < 4.78 is 55.3. The number of carbonyl (C=O) groups excluding carboxylic acids is 2. The SMILES string of the molecule is Cn1c(Nc2c(Cl)ccc(CNC(=O)C(C)(C)C)c2Cl)nc2cc(C(=O)NC3CCC(C(F)(F)F)CC3)c(N3CCC(F)CC3)nc21. The maximum Gasteiger partial charge on any atom is 0.391 e. The van der Waals surface area contributed by atoms with Crippen LogP contribution in [0.3, 0.4) is 0 Å². The first kappa shape index (κ1) is 35.0. The molecule has 1 saturated carbocycles. The minimum atomic E-state index is -4.25. The molecule has 1 aromatic carbocycles. The number of piperidine rings is 1. The molecule has 0 bridgehead atoms. The Morgan fingerprint density at radius 3 is 2.28 bits per heavy atom. The van der Waals surface area contributed by atoms with Crippen molar-refractivity contribution >= 4 is 63.6 Å². The molecule has 0 atom stereocenters. The number of hydrogen-bond acceptors (Lipinski definition) is 6. The first-order chi connectivity index (χ1) is 22.0. The molecule has 0 radical (unpaired) electrons. The molecule has 1 aliphatic heterocycles. The van der Waals surface area contributed by atoms with E-state index in [1.165, 1.54) is 0 Å². The summed E-state index contributed by atoms with van der Waals surface area (Å²) >= 11 is 13.3. The lowest BCUT2D eigenvalue weighted by Gasteiger charge is -2.32. The van der Waals surface area contributed by atoms with Gasteiger partial charge in [-0.2, -0.15) is 13.2 Å².